The molecule has 3 heteroatoms. The summed E-state index contributed by atoms with van der Waals surface area (Å²) in [5.74, 6) is 0.444. The number of hydrogen-bond donors (Lipinski definition) is 1. The molecular formula is C17H25NO2. The minimum Gasteiger partial charge on any atom is -0.378 e. The first-order valence-electron chi connectivity index (χ1n) is 7.60. The van der Waals surface area contributed by atoms with Gasteiger partial charge < -0.3 is 15.2 Å². The highest BCUT2D eigenvalue weighted by molar-refractivity contribution is 5.32. The van der Waals surface area contributed by atoms with Crippen molar-refractivity contribution in [1.29, 1.82) is 0 Å². The second-order valence-electron chi connectivity index (χ2n) is 6.62. The van der Waals surface area contributed by atoms with Crippen LogP contribution < -0.4 is 5.73 Å². The van der Waals surface area contributed by atoms with Gasteiger partial charge in [0.1, 0.15) is 0 Å². The van der Waals surface area contributed by atoms with Crippen LogP contribution in [0.15, 0.2) is 24.3 Å². The van der Waals surface area contributed by atoms with Gasteiger partial charge in [-0.3, -0.25) is 0 Å². The fraction of sp³-hybridized carbons (Fsp3) is 0.647. The maximum absolute atomic E-state index is 6.77. The molecule has 0 saturated carbocycles. The number of hydrogen-bond acceptors (Lipinski definition) is 3. The highest BCUT2D eigenvalue weighted by Gasteiger charge is 2.46. The van der Waals surface area contributed by atoms with Gasteiger partial charge in [-0.25, -0.2) is 0 Å². The minimum atomic E-state index is -0.301. The molecule has 3 nitrogen and oxygen atoms in total. The third-order valence-corrected chi connectivity index (χ3v) is 5.13. The van der Waals surface area contributed by atoms with Gasteiger partial charge in [0.2, 0.25) is 0 Å². The van der Waals surface area contributed by atoms with E-state index in [2.05, 4.69) is 38.1 Å². The van der Waals surface area contributed by atoms with Crippen LogP contribution in [-0.4, -0.2) is 25.4 Å². The highest BCUT2D eigenvalue weighted by atomic mass is 16.6. The standard InChI is InChI=1S/C17H25NO2/c1-13-5-3-4-6-15(13)16(2,18)14-7-9-20-17(11-14)8-10-19-12-17/h3-6,14H,7-12,18H2,1-2H3. The maximum Gasteiger partial charge on any atom is 0.0940 e. The van der Waals surface area contributed by atoms with Crippen LogP contribution >= 0.6 is 0 Å². The van der Waals surface area contributed by atoms with Crippen molar-refractivity contribution >= 4 is 0 Å². The molecule has 0 radical (unpaired) electrons. The van der Waals surface area contributed by atoms with Crippen LogP contribution in [0.4, 0.5) is 0 Å². The molecule has 3 unspecified atom stereocenters. The summed E-state index contributed by atoms with van der Waals surface area (Å²) in [6.07, 6.45) is 3.05. The van der Waals surface area contributed by atoms with Gasteiger partial charge in [-0.05, 0) is 43.7 Å². The summed E-state index contributed by atoms with van der Waals surface area (Å²) < 4.78 is 11.6. The van der Waals surface area contributed by atoms with E-state index in [1.165, 1.54) is 11.1 Å². The van der Waals surface area contributed by atoms with Crippen LogP contribution in [0.25, 0.3) is 0 Å². The molecule has 1 aromatic carbocycles. The fourth-order valence-electron chi connectivity index (χ4n) is 3.80. The molecule has 0 bridgehead atoms. The zero-order valence-corrected chi connectivity index (χ0v) is 12.5. The Hall–Kier alpha value is -0.900. The predicted octanol–water partition coefficient (Wildman–Crippen LogP) is 2.75. The van der Waals surface area contributed by atoms with Gasteiger partial charge in [0.05, 0.1) is 12.2 Å². The molecule has 3 atom stereocenters. The number of aryl methyl sites for hydroxylation is 1. The lowest BCUT2D eigenvalue weighted by molar-refractivity contribution is -0.109. The smallest absolute Gasteiger partial charge is 0.0940 e. The summed E-state index contributed by atoms with van der Waals surface area (Å²) >= 11 is 0. The van der Waals surface area contributed by atoms with Crippen LogP contribution in [0, 0.1) is 12.8 Å². The molecule has 2 aliphatic rings. The number of rotatable bonds is 2. The van der Waals surface area contributed by atoms with Crippen LogP contribution in [0.5, 0.6) is 0 Å². The van der Waals surface area contributed by atoms with E-state index in [0.29, 0.717) is 5.92 Å². The van der Waals surface area contributed by atoms with E-state index in [0.717, 1.165) is 39.1 Å². The Morgan fingerprint density at radius 3 is 2.80 bits per heavy atom. The summed E-state index contributed by atoms with van der Waals surface area (Å²) in [6, 6.07) is 8.48. The lowest BCUT2D eigenvalue weighted by Crippen LogP contribution is -2.50. The second kappa shape index (κ2) is 5.14. The SMILES string of the molecule is Cc1ccccc1C(C)(N)C1CCOC2(CCOC2)C1. The molecule has 2 N–H and O–H groups in total. The van der Waals surface area contributed by atoms with Crippen molar-refractivity contribution in [3.63, 3.8) is 0 Å². The summed E-state index contributed by atoms with van der Waals surface area (Å²) in [5.41, 5.74) is 8.93. The van der Waals surface area contributed by atoms with E-state index in [9.17, 15) is 0 Å². The van der Waals surface area contributed by atoms with Crippen LogP contribution in [0.2, 0.25) is 0 Å². The molecule has 1 aromatic rings. The molecule has 0 aromatic heterocycles. The number of benzene rings is 1. The molecule has 1 spiro atoms. The summed E-state index contributed by atoms with van der Waals surface area (Å²) in [4.78, 5) is 0. The zero-order chi connectivity index (χ0) is 14.2. The van der Waals surface area contributed by atoms with Crippen molar-refractivity contribution in [3.05, 3.63) is 35.4 Å². The average Bonchev–Trinajstić information content (AvgIpc) is 2.87. The van der Waals surface area contributed by atoms with Crippen LogP contribution in [-0.2, 0) is 15.0 Å². The Labute approximate surface area is 121 Å². The third kappa shape index (κ3) is 2.39. The average molecular weight is 275 g/mol. The largest absolute Gasteiger partial charge is 0.378 e. The third-order valence-electron chi connectivity index (χ3n) is 5.13. The van der Waals surface area contributed by atoms with E-state index in [-0.39, 0.29) is 11.1 Å². The molecule has 2 fully saturated rings. The highest BCUT2D eigenvalue weighted by Crippen LogP contribution is 2.43. The zero-order valence-electron chi connectivity index (χ0n) is 12.5. The van der Waals surface area contributed by atoms with E-state index in [1.807, 2.05) is 0 Å². The van der Waals surface area contributed by atoms with Crippen molar-refractivity contribution in [1.82, 2.24) is 0 Å². The Balaban J connectivity index is 1.85. The summed E-state index contributed by atoms with van der Waals surface area (Å²) in [5, 5.41) is 0. The lowest BCUT2D eigenvalue weighted by Gasteiger charge is -2.44. The first-order valence-corrected chi connectivity index (χ1v) is 7.60. The molecule has 2 heterocycles. The van der Waals surface area contributed by atoms with Gasteiger partial charge in [0.15, 0.2) is 0 Å². The summed E-state index contributed by atoms with van der Waals surface area (Å²) in [6.45, 7) is 6.67. The monoisotopic (exact) mass is 275 g/mol. The topological polar surface area (TPSA) is 44.5 Å². The van der Waals surface area contributed by atoms with Crippen molar-refractivity contribution in [2.75, 3.05) is 19.8 Å². The molecule has 20 heavy (non-hydrogen) atoms. The predicted molar refractivity (Wildman–Crippen MR) is 79.6 cm³/mol. The van der Waals surface area contributed by atoms with Gasteiger partial charge in [-0.2, -0.15) is 0 Å². The molecule has 2 saturated heterocycles. The minimum absolute atomic E-state index is 0.0772. The maximum atomic E-state index is 6.77. The molecule has 110 valence electrons. The van der Waals surface area contributed by atoms with Gasteiger partial charge in [-0.1, -0.05) is 24.3 Å². The van der Waals surface area contributed by atoms with Crippen molar-refractivity contribution in [2.45, 2.75) is 44.2 Å². The second-order valence-corrected chi connectivity index (χ2v) is 6.62. The van der Waals surface area contributed by atoms with Gasteiger partial charge in [0, 0.05) is 25.2 Å². The van der Waals surface area contributed by atoms with E-state index in [1.54, 1.807) is 0 Å². The van der Waals surface area contributed by atoms with Gasteiger partial charge >= 0.3 is 0 Å². The first-order chi connectivity index (χ1) is 9.54. The van der Waals surface area contributed by atoms with Crippen molar-refractivity contribution in [3.8, 4) is 0 Å². The number of ether oxygens (including phenoxy) is 2. The molecule has 2 aliphatic heterocycles. The number of nitrogens with two attached hydrogens (primary N) is 1. The van der Waals surface area contributed by atoms with Gasteiger partial charge in [-0.15, -0.1) is 0 Å². The Morgan fingerprint density at radius 1 is 1.30 bits per heavy atom. The molecular weight excluding hydrogens is 250 g/mol. The summed E-state index contributed by atoms with van der Waals surface area (Å²) in [7, 11) is 0. The van der Waals surface area contributed by atoms with Crippen molar-refractivity contribution < 1.29 is 9.47 Å². The molecule has 3 rings (SSSR count). The Kier molecular flexibility index (Phi) is 3.61. The van der Waals surface area contributed by atoms with Crippen molar-refractivity contribution in [2.24, 2.45) is 11.7 Å². The van der Waals surface area contributed by atoms with Crippen LogP contribution in [0.3, 0.4) is 0 Å². The molecule has 0 aliphatic carbocycles. The quantitative estimate of drug-likeness (QED) is 0.902. The Bertz CT molecular complexity index is 478. The van der Waals surface area contributed by atoms with E-state index >= 15 is 0 Å². The first kappa shape index (κ1) is 14.1. The Morgan fingerprint density at radius 2 is 2.10 bits per heavy atom. The van der Waals surface area contributed by atoms with Crippen LogP contribution in [0.1, 0.15) is 37.3 Å². The van der Waals surface area contributed by atoms with E-state index in [4.69, 9.17) is 15.2 Å². The van der Waals surface area contributed by atoms with Gasteiger partial charge in [0.25, 0.3) is 0 Å². The fourth-order valence-corrected chi connectivity index (χ4v) is 3.80. The lowest BCUT2D eigenvalue weighted by atomic mass is 9.71. The molecule has 0 amide bonds. The van der Waals surface area contributed by atoms with E-state index < -0.39 is 0 Å². The normalized spacial score (nSPS) is 33.2.